The summed E-state index contributed by atoms with van der Waals surface area (Å²) < 4.78 is 11.0. The van der Waals surface area contributed by atoms with Gasteiger partial charge in [-0.25, -0.2) is 4.98 Å². The molecular formula is C11H12N2O2S. The van der Waals surface area contributed by atoms with Crippen molar-refractivity contribution in [3.63, 3.8) is 0 Å². The third-order valence-corrected chi connectivity index (χ3v) is 2.65. The Morgan fingerprint density at radius 2 is 2.00 bits per heavy atom. The summed E-state index contributed by atoms with van der Waals surface area (Å²) in [6, 6.07) is 3.66. The number of benzene rings is 1. The molecule has 0 amide bonds. The van der Waals surface area contributed by atoms with Gasteiger partial charge in [-0.2, -0.15) is 0 Å². The quantitative estimate of drug-likeness (QED) is 0.814. The summed E-state index contributed by atoms with van der Waals surface area (Å²) >= 11 is 5.21. The Morgan fingerprint density at radius 3 is 2.62 bits per heavy atom. The molecule has 0 saturated carbocycles. The van der Waals surface area contributed by atoms with Crippen molar-refractivity contribution in [2.24, 2.45) is 0 Å². The Kier molecular flexibility index (Phi) is 2.78. The van der Waals surface area contributed by atoms with E-state index in [1.807, 2.05) is 19.1 Å². The van der Waals surface area contributed by atoms with Gasteiger partial charge in [0.05, 0.1) is 19.7 Å². The van der Waals surface area contributed by atoms with Crippen molar-refractivity contribution in [2.75, 3.05) is 14.2 Å². The summed E-state index contributed by atoms with van der Waals surface area (Å²) in [4.78, 5) is 7.34. The molecule has 0 bridgehead atoms. The molecule has 2 rings (SSSR count). The molecule has 1 N–H and O–H groups in total. The van der Waals surface area contributed by atoms with E-state index in [1.165, 1.54) is 0 Å². The smallest absolute Gasteiger partial charge is 0.146 e. The van der Waals surface area contributed by atoms with Crippen LogP contribution in [0.1, 0.15) is 5.82 Å². The van der Waals surface area contributed by atoms with Gasteiger partial charge in [0.15, 0.2) is 0 Å². The van der Waals surface area contributed by atoms with E-state index >= 15 is 0 Å². The van der Waals surface area contributed by atoms with Crippen molar-refractivity contribution >= 4 is 23.1 Å². The molecule has 5 heteroatoms. The first-order valence-electron chi connectivity index (χ1n) is 4.78. The largest absolute Gasteiger partial charge is 0.497 e. The molecule has 0 unspecified atom stereocenters. The van der Waals surface area contributed by atoms with Crippen LogP contribution in [0.4, 0.5) is 0 Å². The molecule has 4 nitrogen and oxygen atoms in total. The van der Waals surface area contributed by atoms with Gasteiger partial charge in [-0.05, 0) is 13.0 Å². The van der Waals surface area contributed by atoms with Crippen LogP contribution in [0.5, 0.6) is 11.5 Å². The Balaban J connectivity index is 2.89. The Labute approximate surface area is 98.2 Å². The van der Waals surface area contributed by atoms with Crippen LogP contribution < -0.4 is 9.47 Å². The topological polar surface area (TPSA) is 47.1 Å². The number of nitrogens with zero attached hydrogens (tertiary/aromatic N) is 1. The number of rotatable bonds is 2. The molecule has 16 heavy (non-hydrogen) atoms. The minimum absolute atomic E-state index is 0.545. The van der Waals surface area contributed by atoms with E-state index in [9.17, 15) is 0 Å². The fourth-order valence-electron chi connectivity index (χ4n) is 1.59. The summed E-state index contributed by atoms with van der Waals surface area (Å²) in [6.45, 7) is 1.86. The zero-order chi connectivity index (χ0) is 11.7. The van der Waals surface area contributed by atoms with Gasteiger partial charge in [-0.15, -0.1) is 0 Å². The van der Waals surface area contributed by atoms with E-state index in [-0.39, 0.29) is 0 Å². The molecule has 2 aromatic rings. The van der Waals surface area contributed by atoms with Crippen LogP contribution in [0.2, 0.25) is 0 Å². The summed E-state index contributed by atoms with van der Waals surface area (Å²) in [7, 11) is 3.22. The number of H-pyrrole nitrogens is 1. The lowest BCUT2D eigenvalue weighted by Gasteiger charge is -2.09. The maximum absolute atomic E-state index is 5.29. The van der Waals surface area contributed by atoms with Crippen LogP contribution >= 0.6 is 12.2 Å². The Hall–Kier alpha value is -1.62. The van der Waals surface area contributed by atoms with Gasteiger partial charge in [0.2, 0.25) is 0 Å². The molecule has 1 aromatic heterocycles. The van der Waals surface area contributed by atoms with Gasteiger partial charge >= 0.3 is 0 Å². The summed E-state index contributed by atoms with van der Waals surface area (Å²) in [5.41, 5.74) is 0.848. The predicted octanol–water partition coefficient (Wildman–Crippen LogP) is 2.62. The summed E-state index contributed by atoms with van der Waals surface area (Å²) in [6.07, 6.45) is 0. The SMILES string of the molecule is COc1cc(OC)c2[nH]c(C)nc(=S)c2c1. The molecule has 0 aliphatic rings. The molecule has 0 aliphatic heterocycles. The average molecular weight is 236 g/mol. The van der Waals surface area contributed by atoms with Gasteiger partial charge in [0, 0.05) is 11.5 Å². The lowest BCUT2D eigenvalue weighted by atomic mass is 10.2. The molecule has 0 fully saturated rings. The third-order valence-electron chi connectivity index (χ3n) is 2.34. The minimum atomic E-state index is 0.545. The number of methoxy groups -OCH3 is 2. The zero-order valence-electron chi connectivity index (χ0n) is 9.33. The van der Waals surface area contributed by atoms with E-state index < -0.39 is 0 Å². The number of aryl methyl sites for hydroxylation is 1. The van der Waals surface area contributed by atoms with E-state index in [4.69, 9.17) is 21.7 Å². The van der Waals surface area contributed by atoms with E-state index in [1.54, 1.807) is 14.2 Å². The number of nitrogens with one attached hydrogen (secondary N) is 1. The lowest BCUT2D eigenvalue weighted by Crippen LogP contribution is -1.95. The maximum atomic E-state index is 5.29. The van der Waals surface area contributed by atoms with Gasteiger partial charge < -0.3 is 14.5 Å². The molecule has 0 saturated heterocycles. The van der Waals surface area contributed by atoms with Crippen LogP contribution in [0.15, 0.2) is 12.1 Å². The number of aromatic nitrogens is 2. The number of ether oxygens (including phenoxy) is 2. The van der Waals surface area contributed by atoms with Gasteiger partial charge in [-0.3, -0.25) is 0 Å². The molecule has 1 heterocycles. The van der Waals surface area contributed by atoms with E-state index in [2.05, 4.69) is 9.97 Å². The standard InChI is InChI=1S/C11H12N2O2S/c1-6-12-10-8(11(16)13-6)4-7(14-2)5-9(10)15-3/h4-5H,1-3H3,(H,12,13,16). The second kappa shape index (κ2) is 4.09. The van der Waals surface area contributed by atoms with Crippen LogP contribution in [0.25, 0.3) is 10.9 Å². The number of fused-ring (bicyclic) bond motifs is 1. The molecule has 0 aliphatic carbocycles. The molecular weight excluding hydrogens is 224 g/mol. The van der Waals surface area contributed by atoms with Gasteiger partial charge in [0.25, 0.3) is 0 Å². The highest BCUT2D eigenvalue weighted by Gasteiger charge is 2.07. The first kappa shape index (κ1) is 10.9. The first-order chi connectivity index (χ1) is 7.65. The predicted molar refractivity (Wildman–Crippen MR) is 64.8 cm³/mol. The minimum Gasteiger partial charge on any atom is -0.497 e. The van der Waals surface area contributed by atoms with Crippen molar-refractivity contribution in [2.45, 2.75) is 6.92 Å². The van der Waals surface area contributed by atoms with Crippen molar-refractivity contribution in [1.82, 2.24) is 9.97 Å². The van der Waals surface area contributed by atoms with Crippen LogP contribution in [0.3, 0.4) is 0 Å². The number of aromatic amines is 1. The highest BCUT2D eigenvalue weighted by molar-refractivity contribution is 7.71. The first-order valence-corrected chi connectivity index (χ1v) is 5.19. The van der Waals surface area contributed by atoms with Gasteiger partial charge in [0.1, 0.15) is 22.0 Å². The number of hydrogen-bond acceptors (Lipinski definition) is 4. The van der Waals surface area contributed by atoms with Crippen molar-refractivity contribution < 1.29 is 9.47 Å². The van der Waals surface area contributed by atoms with Crippen molar-refractivity contribution in [3.8, 4) is 11.5 Å². The molecule has 84 valence electrons. The molecule has 1 aromatic carbocycles. The zero-order valence-corrected chi connectivity index (χ0v) is 10.1. The number of hydrogen-bond donors (Lipinski definition) is 1. The molecule has 0 spiro atoms. The second-order valence-electron chi connectivity index (χ2n) is 3.38. The van der Waals surface area contributed by atoms with Crippen LogP contribution in [-0.2, 0) is 0 Å². The highest BCUT2D eigenvalue weighted by atomic mass is 32.1. The highest BCUT2D eigenvalue weighted by Crippen LogP contribution is 2.29. The Morgan fingerprint density at radius 1 is 1.25 bits per heavy atom. The second-order valence-corrected chi connectivity index (χ2v) is 3.77. The normalized spacial score (nSPS) is 10.4. The van der Waals surface area contributed by atoms with Gasteiger partial charge in [-0.1, -0.05) is 12.2 Å². The average Bonchev–Trinajstić information content (AvgIpc) is 2.28. The van der Waals surface area contributed by atoms with Crippen molar-refractivity contribution in [1.29, 1.82) is 0 Å². The maximum Gasteiger partial charge on any atom is 0.146 e. The van der Waals surface area contributed by atoms with Crippen LogP contribution in [0, 0.1) is 11.6 Å². The van der Waals surface area contributed by atoms with Crippen LogP contribution in [-0.4, -0.2) is 24.2 Å². The fraction of sp³-hybridized carbons (Fsp3) is 0.273. The van der Waals surface area contributed by atoms with Crippen molar-refractivity contribution in [3.05, 3.63) is 22.6 Å². The Bertz CT molecular complexity index is 592. The molecule has 0 radical (unpaired) electrons. The van der Waals surface area contributed by atoms with E-state index in [0.29, 0.717) is 16.1 Å². The lowest BCUT2D eigenvalue weighted by molar-refractivity contribution is 0.397. The summed E-state index contributed by atoms with van der Waals surface area (Å²) in [5, 5.41) is 0.830. The summed E-state index contributed by atoms with van der Waals surface area (Å²) in [5.74, 6) is 2.17. The third kappa shape index (κ3) is 1.74. The van der Waals surface area contributed by atoms with E-state index in [0.717, 1.165) is 16.7 Å². The monoisotopic (exact) mass is 236 g/mol. The fourth-order valence-corrected chi connectivity index (χ4v) is 1.89. The molecule has 0 atom stereocenters.